The third kappa shape index (κ3) is 2.46. The Hall–Kier alpha value is -1.02. The van der Waals surface area contributed by atoms with Crippen LogP contribution in [0.3, 0.4) is 0 Å². The highest BCUT2D eigenvalue weighted by Gasteiger charge is 2.55. The number of ether oxygens (including phenoxy) is 1. The van der Waals surface area contributed by atoms with Gasteiger partial charge >= 0.3 is 0 Å². The second-order valence-electron chi connectivity index (χ2n) is 6.83. The lowest BCUT2D eigenvalue weighted by Gasteiger charge is -2.53. The zero-order valence-corrected chi connectivity index (χ0v) is 12.7. The van der Waals surface area contributed by atoms with Crippen LogP contribution in [0.4, 0.5) is 0 Å². The number of aliphatic hydroxyl groups is 1. The summed E-state index contributed by atoms with van der Waals surface area (Å²) in [5.41, 5.74) is 2.53. The molecule has 20 heavy (non-hydrogen) atoms. The van der Waals surface area contributed by atoms with Gasteiger partial charge in [-0.3, -0.25) is 0 Å². The maximum atomic E-state index is 10.3. The molecule has 0 bridgehead atoms. The molecule has 1 aromatic carbocycles. The van der Waals surface area contributed by atoms with Crippen LogP contribution in [0.2, 0.25) is 0 Å². The summed E-state index contributed by atoms with van der Waals surface area (Å²) in [6.45, 7) is 4.22. The van der Waals surface area contributed by atoms with Crippen LogP contribution in [0.15, 0.2) is 18.2 Å². The largest absolute Gasteiger partial charge is 0.490 e. The molecule has 2 atom stereocenters. The third-order valence-electron chi connectivity index (χ3n) is 5.25. The van der Waals surface area contributed by atoms with Crippen LogP contribution in [-0.2, 0) is 0 Å². The van der Waals surface area contributed by atoms with E-state index in [1.165, 1.54) is 36.8 Å². The van der Waals surface area contributed by atoms with Crippen LogP contribution in [-0.4, -0.2) is 17.3 Å². The Morgan fingerprint density at radius 1 is 1.00 bits per heavy atom. The summed E-state index contributed by atoms with van der Waals surface area (Å²) in [4.78, 5) is 0. The maximum Gasteiger partial charge on any atom is 0.120 e. The van der Waals surface area contributed by atoms with Crippen molar-refractivity contribution in [3.8, 4) is 5.75 Å². The fourth-order valence-electron chi connectivity index (χ4n) is 4.10. The monoisotopic (exact) mass is 274 g/mol. The summed E-state index contributed by atoms with van der Waals surface area (Å²) in [5.74, 6) is 0.975. The van der Waals surface area contributed by atoms with E-state index in [2.05, 4.69) is 32.0 Å². The van der Waals surface area contributed by atoms with Gasteiger partial charge in [-0.1, -0.05) is 31.7 Å². The van der Waals surface area contributed by atoms with E-state index in [0.29, 0.717) is 0 Å². The van der Waals surface area contributed by atoms with E-state index < -0.39 is 0 Å². The van der Waals surface area contributed by atoms with Crippen LogP contribution in [0.25, 0.3) is 0 Å². The molecule has 0 radical (unpaired) electrons. The molecule has 0 amide bonds. The first-order valence-corrected chi connectivity index (χ1v) is 8.03. The average molecular weight is 274 g/mol. The fraction of sp³-hybridized carbons (Fsp3) is 0.667. The van der Waals surface area contributed by atoms with Gasteiger partial charge in [-0.2, -0.15) is 0 Å². The van der Waals surface area contributed by atoms with Crippen molar-refractivity contribution in [2.75, 3.05) is 0 Å². The molecule has 1 spiro atoms. The molecule has 2 nitrogen and oxygen atoms in total. The molecule has 3 rings (SSSR count). The van der Waals surface area contributed by atoms with Crippen LogP contribution in [0.1, 0.15) is 56.1 Å². The molecule has 1 N–H and O–H groups in total. The van der Waals surface area contributed by atoms with Crippen LogP contribution < -0.4 is 4.74 Å². The van der Waals surface area contributed by atoms with Crippen molar-refractivity contribution in [1.82, 2.24) is 0 Å². The Kier molecular flexibility index (Phi) is 3.76. The van der Waals surface area contributed by atoms with Crippen LogP contribution >= 0.6 is 0 Å². The lowest BCUT2D eigenvalue weighted by atomic mass is 9.59. The minimum Gasteiger partial charge on any atom is -0.490 e. The zero-order valence-electron chi connectivity index (χ0n) is 12.7. The summed E-state index contributed by atoms with van der Waals surface area (Å²) in [6.07, 6.45) is 8.21. The Labute approximate surface area is 122 Å². The van der Waals surface area contributed by atoms with Crippen LogP contribution in [0.5, 0.6) is 5.75 Å². The first-order chi connectivity index (χ1) is 9.60. The standard InChI is InChI=1S/C18H26O2/c1-13-9-14(2)11-15(10-13)20-17-12-16(19)18(17)7-5-3-4-6-8-18/h9-11,16-17,19H,3-8,12H2,1-2H3. The Bertz CT molecular complexity index is 452. The number of aliphatic hydroxyl groups excluding tert-OH is 1. The number of rotatable bonds is 2. The normalized spacial score (nSPS) is 28.8. The molecular formula is C18H26O2. The fourth-order valence-corrected chi connectivity index (χ4v) is 4.10. The molecule has 2 saturated carbocycles. The molecule has 2 heteroatoms. The maximum absolute atomic E-state index is 10.3. The quantitative estimate of drug-likeness (QED) is 0.877. The van der Waals surface area contributed by atoms with E-state index >= 15 is 0 Å². The van der Waals surface area contributed by atoms with Gasteiger partial charge in [0, 0.05) is 11.8 Å². The van der Waals surface area contributed by atoms with E-state index in [0.717, 1.165) is 25.0 Å². The number of hydrogen-bond acceptors (Lipinski definition) is 2. The highest BCUT2D eigenvalue weighted by atomic mass is 16.5. The van der Waals surface area contributed by atoms with Gasteiger partial charge < -0.3 is 9.84 Å². The van der Waals surface area contributed by atoms with E-state index in [1.807, 2.05) is 0 Å². The minimum absolute atomic E-state index is 0.0359. The first-order valence-electron chi connectivity index (χ1n) is 8.03. The molecule has 0 heterocycles. The highest BCUT2D eigenvalue weighted by Crippen LogP contribution is 2.52. The van der Waals surface area contributed by atoms with Crippen molar-refractivity contribution >= 4 is 0 Å². The number of hydrogen-bond donors (Lipinski definition) is 1. The smallest absolute Gasteiger partial charge is 0.120 e. The number of aryl methyl sites for hydroxylation is 2. The lowest BCUT2D eigenvalue weighted by Crippen LogP contribution is -2.59. The van der Waals surface area contributed by atoms with Gasteiger partial charge in [-0.15, -0.1) is 0 Å². The van der Waals surface area contributed by atoms with Crippen molar-refractivity contribution in [3.63, 3.8) is 0 Å². The van der Waals surface area contributed by atoms with Crippen molar-refractivity contribution < 1.29 is 9.84 Å². The van der Waals surface area contributed by atoms with Crippen molar-refractivity contribution in [2.24, 2.45) is 5.41 Å². The summed E-state index contributed by atoms with van der Waals surface area (Å²) in [6, 6.07) is 6.40. The molecule has 2 aliphatic carbocycles. The third-order valence-corrected chi connectivity index (χ3v) is 5.25. The van der Waals surface area contributed by atoms with Gasteiger partial charge in [0.2, 0.25) is 0 Å². The molecule has 0 aromatic heterocycles. The van der Waals surface area contributed by atoms with Crippen molar-refractivity contribution in [3.05, 3.63) is 29.3 Å². The summed E-state index contributed by atoms with van der Waals surface area (Å²) < 4.78 is 6.27. The molecule has 0 aliphatic heterocycles. The van der Waals surface area contributed by atoms with Gasteiger partial charge in [-0.05, 0) is 49.9 Å². The SMILES string of the molecule is Cc1cc(C)cc(OC2CC(O)C23CCCCCC3)c1. The minimum atomic E-state index is -0.156. The van der Waals surface area contributed by atoms with Gasteiger partial charge in [0.05, 0.1) is 6.10 Å². The number of benzene rings is 1. The Morgan fingerprint density at radius 3 is 2.15 bits per heavy atom. The summed E-state index contributed by atoms with van der Waals surface area (Å²) in [5, 5.41) is 10.3. The first kappa shape index (κ1) is 13.9. The second-order valence-corrected chi connectivity index (χ2v) is 6.83. The van der Waals surface area contributed by atoms with Crippen molar-refractivity contribution in [2.45, 2.75) is 71.0 Å². The van der Waals surface area contributed by atoms with Gasteiger partial charge in [0.15, 0.2) is 0 Å². The Morgan fingerprint density at radius 2 is 1.60 bits per heavy atom. The highest BCUT2D eigenvalue weighted by molar-refractivity contribution is 5.33. The van der Waals surface area contributed by atoms with E-state index in [4.69, 9.17) is 4.74 Å². The summed E-state index contributed by atoms with van der Waals surface area (Å²) >= 11 is 0. The predicted octanol–water partition coefficient (Wildman–Crippen LogP) is 4.16. The van der Waals surface area contributed by atoms with Gasteiger partial charge in [0.25, 0.3) is 0 Å². The predicted molar refractivity (Wildman–Crippen MR) is 81.1 cm³/mol. The van der Waals surface area contributed by atoms with Crippen LogP contribution in [0, 0.1) is 19.3 Å². The topological polar surface area (TPSA) is 29.5 Å². The van der Waals surface area contributed by atoms with E-state index in [9.17, 15) is 5.11 Å². The molecule has 0 saturated heterocycles. The molecule has 1 aromatic rings. The molecule has 2 unspecified atom stereocenters. The lowest BCUT2D eigenvalue weighted by molar-refractivity contribution is -0.163. The molecule has 2 aliphatic rings. The van der Waals surface area contributed by atoms with E-state index in [1.54, 1.807) is 0 Å². The molecule has 2 fully saturated rings. The van der Waals surface area contributed by atoms with Gasteiger partial charge in [-0.25, -0.2) is 0 Å². The van der Waals surface area contributed by atoms with E-state index in [-0.39, 0.29) is 17.6 Å². The average Bonchev–Trinajstić information content (AvgIpc) is 2.65. The molecule has 110 valence electrons. The Balaban J connectivity index is 1.76. The summed E-state index contributed by atoms with van der Waals surface area (Å²) in [7, 11) is 0. The zero-order chi connectivity index (χ0) is 14.2. The van der Waals surface area contributed by atoms with Crippen molar-refractivity contribution in [1.29, 1.82) is 0 Å². The molecular weight excluding hydrogens is 248 g/mol. The second kappa shape index (κ2) is 5.40. The van der Waals surface area contributed by atoms with Gasteiger partial charge in [0.1, 0.15) is 11.9 Å².